The molecule has 2 rings (SSSR count). The lowest BCUT2D eigenvalue weighted by atomic mass is 10.1. The smallest absolute Gasteiger partial charge is 0.0230 e. The van der Waals surface area contributed by atoms with Gasteiger partial charge in [0.15, 0.2) is 0 Å². The molecule has 19 heavy (non-hydrogen) atoms. The highest BCUT2D eigenvalue weighted by Gasteiger charge is 2.09. The minimum absolute atomic E-state index is 1.07. The second-order valence-electron chi connectivity index (χ2n) is 5.83. The maximum Gasteiger partial charge on any atom is 0.0230 e. The largest absolute Gasteiger partial charge is 0.303 e. The molecule has 1 aromatic rings. The molecule has 0 saturated carbocycles. The first-order chi connectivity index (χ1) is 9.34. The average molecular weight is 260 g/mol. The lowest BCUT2D eigenvalue weighted by Crippen LogP contribution is -2.31. The number of rotatable bonds is 7. The Labute approximate surface area is 118 Å². The zero-order valence-corrected chi connectivity index (χ0v) is 12.4. The van der Waals surface area contributed by atoms with Gasteiger partial charge >= 0.3 is 0 Å². The summed E-state index contributed by atoms with van der Waals surface area (Å²) in [6.45, 7) is 6.26. The van der Waals surface area contributed by atoms with E-state index in [0.29, 0.717) is 0 Å². The fourth-order valence-electron chi connectivity index (χ4n) is 2.87. The van der Waals surface area contributed by atoms with Gasteiger partial charge in [-0.1, -0.05) is 36.8 Å². The van der Waals surface area contributed by atoms with Crippen LogP contribution in [0.5, 0.6) is 0 Å². The molecule has 1 fully saturated rings. The van der Waals surface area contributed by atoms with Gasteiger partial charge in [-0.2, -0.15) is 0 Å². The van der Waals surface area contributed by atoms with Gasteiger partial charge in [-0.05, 0) is 64.5 Å². The van der Waals surface area contributed by atoms with Gasteiger partial charge in [0.25, 0.3) is 0 Å². The fraction of sp³-hybridized carbons (Fsp3) is 0.647. The number of hydrogen-bond donors (Lipinski definition) is 0. The SMILES string of the molecule is CN(CCCCN1CCCCC1)Cc1ccccc1. The van der Waals surface area contributed by atoms with E-state index in [1.165, 1.54) is 63.8 Å². The van der Waals surface area contributed by atoms with Gasteiger partial charge in [0.05, 0.1) is 0 Å². The summed E-state index contributed by atoms with van der Waals surface area (Å²) in [5.41, 5.74) is 1.42. The maximum atomic E-state index is 2.64. The molecule has 0 spiro atoms. The molecule has 0 atom stereocenters. The molecule has 0 unspecified atom stereocenters. The van der Waals surface area contributed by atoms with Gasteiger partial charge in [0.1, 0.15) is 0 Å². The van der Waals surface area contributed by atoms with Crippen molar-refractivity contribution in [1.29, 1.82) is 0 Å². The first kappa shape index (κ1) is 14.5. The van der Waals surface area contributed by atoms with E-state index >= 15 is 0 Å². The van der Waals surface area contributed by atoms with Crippen molar-refractivity contribution >= 4 is 0 Å². The normalized spacial score (nSPS) is 16.9. The van der Waals surface area contributed by atoms with E-state index in [4.69, 9.17) is 0 Å². The van der Waals surface area contributed by atoms with Crippen molar-refractivity contribution in [2.75, 3.05) is 33.2 Å². The summed E-state index contributed by atoms with van der Waals surface area (Å²) in [4.78, 5) is 5.08. The van der Waals surface area contributed by atoms with E-state index in [1.807, 2.05) is 0 Å². The van der Waals surface area contributed by atoms with Gasteiger partial charge < -0.3 is 9.80 Å². The van der Waals surface area contributed by atoms with Crippen LogP contribution in [0.4, 0.5) is 0 Å². The zero-order chi connectivity index (χ0) is 13.3. The van der Waals surface area contributed by atoms with Crippen LogP contribution in [0.15, 0.2) is 30.3 Å². The van der Waals surface area contributed by atoms with Crippen LogP contribution in [0, 0.1) is 0 Å². The van der Waals surface area contributed by atoms with Crippen molar-refractivity contribution in [1.82, 2.24) is 9.80 Å². The maximum absolute atomic E-state index is 2.64. The molecule has 1 aromatic carbocycles. The molecule has 106 valence electrons. The number of unbranched alkanes of at least 4 members (excludes halogenated alkanes) is 1. The molecule has 0 amide bonds. The summed E-state index contributed by atoms with van der Waals surface area (Å²) >= 11 is 0. The second-order valence-corrected chi connectivity index (χ2v) is 5.83. The van der Waals surface area contributed by atoms with Crippen LogP contribution < -0.4 is 0 Å². The van der Waals surface area contributed by atoms with E-state index in [0.717, 1.165) is 6.54 Å². The van der Waals surface area contributed by atoms with Crippen LogP contribution in [0.1, 0.15) is 37.7 Å². The summed E-state index contributed by atoms with van der Waals surface area (Å²) in [5, 5.41) is 0. The van der Waals surface area contributed by atoms with Gasteiger partial charge in [-0.25, -0.2) is 0 Å². The van der Waals surface area contributed by atoms with Crippen molar-refractivity contribution in [3.63, 3.8) is 0 Å². The molecule has 2 nitrogen and oxygen atoms in total. The molecule has 0 radical (unpaired) electrons. The molecular weight excluding hydrogens is 232 g/mol. The lowest BCUT2D eigenvalue weighted by Gasteiger charge is -2.26. The van der Waals surface area contributed by atoms with Crippen LogP contribution in [-0.4, -0.2) is 43.0 Å². The fourth-order valence-corrected chi connectivity index (χ4v) is 2.87. The number of nitrogens with zero attached hydrogens (tertiary/aromatic N) is 2. The van der Waals surface area contributed by atoms with E-state index in [-0.39, 0.29) is 0 Å². The van der Waals surface area contributed by atoms with Crippen LogP contribution in [0.3, 0.4) is 0 Å². The second kappa shape index (κ2) is 8.34. The highest BCUT2D eigenvalue weighted by Crippen LogP contribution is 2.10. The first-order valence-electron chi connectivity index (χ1n) is 7.79. The standard InChI is InChI=1S/C17H28N2/c1-18(16-17-10-4-2-5-11-17)12-8-9-15-19-13-6-3-7-14-19/h2,4-5,10-11H,3,6-9,12-16H2,1H3. The summed E-state index contributed by atoms with van der Waals surface area (Å²) in [7, 11) is 2.23. The number of hydrogen-bond acceptors (Lipinski definition) is 2. The Morgan fingerprint density at radius 3 is 2.47 bits per heavy atom. The molecule has 0 aliphatic carbocycles. The van der Waals surface area contributed by atoms with Gasteiger partial charge in [-0.3, -0.25) is 0 Å². The van der Waals surface area contributed by atoms with Gasteiger partial charge in [-0.15, -0.1) is 0 Å². The molecule has 0 N–H and O–H groups in total. The minimum atomic E-state index is 1.07. The highest BCUT2D eigenvalue weighted by atomic mass is 15.1. The Hall–Kier alpha value is -0.860. The van der Waals surface area contributed by atoms with Crippen molar-refractivity contribution < 1.29 is 0 Å². The lowest BCUT2D eigenvalue weighted by molar-refractivity contribution is 0.218. The first-order valence-corrected chi connectivity index (χ1v) is 7.79. The molecule has 2 heteroatoms. The van der Waals surface area contributed by atoms with E-state index in [1.54, 1.807) is 0 Å². The zero-order valence-electron chi connectivity index (χ0n) is 12.4. The molecule has 0 aromatic heterocycles. The van der Waals surface area contributed by atoms with Crippen molar-refractivity contribution in [2.45, 2.75) is 38.6 Å². The molecule has 1 saturated heterocycles. The summed E-state index contributed by atoms with van der Waals surface area (Å²) in [6, 6.07) is 10.8. The van der Waals surface area contributed by atoms with Crippen LogP contribution in [-0.2, 0) is 6.54 Å². The van der Waals surface area contributed by atoms with Crippen LogP contribution in [0.2, 0.25) is 0 Å². The molecule has 1 aliphatic rings. The topological polar surface area (TPSA) is 6.48 Å². The average Bonchev–Trinajstić information content (AvgIpc) is 2.46. The van der Waals surface area contributed by atoms with Crippen LogP contribution >= 0.6 is 0 Å². The van der Waals surface area contributed by atoms with E-state index < -0.39 is 0 Å². The highest BCUT2D eigenvalue weighted by molar-refractivity contribution is 5.14. The summed E-state index contributed by atoms with van der Waals surface area (Å²) in [5.74, 6) is 0. The monoisotopic (exact) mass is 260 g/mol. The summed E-state index contributed by atoms with van der Waals surface area (Å²) in [6.07, 6.45) is 6.93. The molecule has 0 bridgehead atoms. The van der Waals surface area contributed by atoms with Crippen molar-refractivity contribution in [2.24, 2.45) is 0 Å². The Morgan fingerprint density at radius 2 is 1.74 bits per heavy atom. The minimum Gasteiger partial charge on any atom is -0.303 e. The Morgan fingerprint density at radius 1 is 1.00 bits per heavy atom. The molecule has 1 heterocycles. The van der Waals surface area contributed by atoms with Gasteiger partial charge in [0.2, 0.25) is 0 Å². The van der Waals surface area contributed by atoms with E-state index in [2.05, 4.69) is 47.2 Å². The van der Waals surface area contributed by atoms with Crippen LogP contribution in [0.25, 0.3) is 0 Å². The quantitative estimate of drug-likeness (QED) is 0.693. The third-order valence-electron chi connectivity index (χ3n) is 4.01. The Kier molecular flexibility index (Phi) is 6.38. The van der Waals surface area contributed by atoms with Crippen molar-refractivity contribution in [3.8, 4) is 0 Å². The van der Waals surface area contributed by atoms with Gasteiger partial charge in [0, 0.05) is 6.54 Å². The van der Waals surface area contributed by atoms with E-state index in [9.17, 15) is 0 Å². The molecular formula is C17H28N2. The Balaban J connectivity index is 1.55. The predicted molar refractivity (Wildman–Crippen MR) is 82.3 cm³/mol. The third-order valence-corrected chi connectivity index (χ3v) is 4.01. The summed E-state index contributed by atoms with van der Waals surface area (Å²) < 4.78 is 0. The number of likely N-dealkylation sites (tertiary alicyclic amines) is 1. The number of benzene rings is 1. The third kappa shape index (κ3) is 5.75. The predicted octanol–water partition coefficient (Wildman–Crippen LogP) is 3.38. The van der Waals surface area contributed by atoms with Crippen molar-refractivity contribution in [3.05, 3.63) is 35.9 Å². The molecule has 1 aliphatic heterocycles. The number of piperidine rings is 1. The Bertz CT molecular complexity index is 330.